The number of hydrogen-bond acceptors (Lipinski definition) is 15. The minimum absolute atomic E-state index is 0.0436. The molecular formula is C66H95NO15Si2. The van der Waals surface area contributed by atoms with Crippen LogP contribution in [-0.4, -0.2) is 130 Å². The van der Waals surface area contributed by atoms with Crippen molar-refractivity contribution < 1.29 is 71.1 Å². The highest BCUT2D eigenvalue weighted by Crippen LogP contribution is 2.66. The second-order valence-corrected chi connectivity index (χ2v) is 35.6. The fraction of sp³-hybridized carbons (Fsp3) is 0.606. The van der Waals surface area contributed by atoms with Crippen molar-refractivity contribution in [1.29, 1.82) is 0 Å². The molecule has 6 rings (SSSR count). The van der Waals surface area contributed by atoms with E-state index in [9.17, 15) is 14.4 Å². The largest absolute Gasteiger partial charge is 0.455 e. The number of allylic oxidation sites excluding steroid dienone is 2. The molecule has 3 fully saturated rings. The Morgan fingerprint density at radius 1 is 0.810 bits per heavy atom. The molecule has 0 radical (unpaired) electrons. The molecule has 18 heteroatoms. The van der Waals surface area contributed by atoms with Crippen molar-refractivity contribution in [1.82, 2.24) is 5.32 Å². The molecule has 4 aliphatic rings. The Bertz CT molecular complexity index is 2810. The summed E-state index contributed by atoms with van der Waals surface area (Å²) in [7, 11) is -5.86. The van der Waals surface area contributed by atoms with Gasteiger partial charge in [0.2, 0.25) is 8.32 Å². The van der Waals surface area contributed by atoms with Crippen LogP contribution in [0.1, 0.15) is 150 Å². The molecule has 1 amide bonds. The Morgan fingerprint density at radius 2 is 1.40 bits per heavy atom. The van der Waals surface area contributed by atoms with Gasteiger partial charge < -0.3 is 47.7 Å². The number of carbonyl (C=O) groups excluding carboxylic acids is 6. The van der Waals surface area contributed by atoms with Gasteiger partial charge in [0, 0.05) is 31.2 Å². The van der Waals surface area contributed by atoms with Gasteiger partial charge in [0.25, 0.3) is 5.91 Å². The zero-order valence-electron chi connectivity index (χ0n) is 52.9. The lowest BCUT2D eigenvalue weighted by Crippen LogP contribution is -2.84. The van der Waals surface area contributed by atoms with E-state index in [2.05, 4.69) is 80.8 Å². The Labute approximate surface area is 501 Å². The molecule has 2 bridgehead atoms. The van der Waals surface area contributed by atoms with Crippen LogP contribution >= 0.6 is 0 Å². The van der Waals surface area contributed by atoms with E-state index >= 15 is 19.5 Å². The predicted molar refractivity (Wildman–Crippen MR) is 327 cm³/mol. The van der Waals surface area contributed by atoms with Gasteiger partial charge in [-0.15, -0.1) is 13.2 Å². The summed E-state index contributed by atoms with van der Waals surface area (Å²) in [4.78, 5) is 90.9. The summed E-state index contributed by atoms with van der Waals surface area (Å²) in [5, 5.41) is 18.2. The van der Waals surface area contributed by atoms with Crippen LogP contribution in [0.25, 0.3) is 0 Å². The number of hydrogen-bond donors (Lipinski definition) is 2. The van der Waals surface area contributed by atoms with Gasteiger partial charge in [0.05, 0.1) is 42.3 Å². The number of benzene rings is 2. The van der Waals surface area contributed by atoms with Crippen molar-refractivity contribution in [2.75, 3.05) is 13.2 Å². The van der Waals surface area contributed by atoms with Crippen molar-refractivity contribution in [3.8, 4) is 0 Å². The van der Waals surface area contributed by atoms with E-state index in [0.29, 0.717) is 35.7 Å². The van der Waals surface area contributed by atoms with Gasteiger partial charge in [0.15, 0.2) is 38.0 Å². The summed E-state index contributed by atoms with van der Waals surface area (Å²) in [5.74, 6) is -6.14. The van der Waals surface area contributed by atoms with Crippen molar-refractivity contribution in [2.45, 2.75) is 225 Å². The highest BCUT2D eigenvalue weighted by atomic mass is 28.4. The maximum absolute atomic E-state index is 16.9. The number of Topliss-reactive ketones (excluding diaryl/α,β-unsaturated/α-hetero) is 1. The molecule has 2 saturated carbocycles. The van der Waals surface area contributed by atoms with Gasteiger partial charge in [-0.3, -0.25) is 19.2 Å². The third-order valence-electron chi connectivity index (χ3n) is 19.2. The number of rotatable bonds is 25. The van der Waals surface area contributed by atoms with Crippen molar-refractivity contribution in [3.63, 3.8) is 0 Å². The predicted octanol–water partition coefficient (Wildman–Crippen LogP) is 11.5. The monoisotopic (exact) mass is 1200 g/mol. The van der Waals surface area contributed by atoms with Crippen LogP contribution in [0.4, 0.5) is 0 Å². The van der Waals surface area contributed by atoms with Crippen LogP contribution in [0.2, 0.25) is 34.8 Å². The first kappa shape index (κ1) is 67.8. The van der Waals surface area contributed by atoms with E-state index in [1.165, 1.54) is 19.9 Å². The lowest BCUT2D eigenvalue weighted by molar-refractivity contribution is -0.352. The third kappa shape index (κ3) is 12.2. The summed E-state index contributed by atoms with van der Waals surface area (Å²) >= 11 is 0. The third-order valence-corrected chi connectivity index (χ3v) is 29.9. The highest BCUT2D eigenvalue weighted by molar-refractivity contribution is 6.77. The fourth-order valence-electron chi connectivity index (χ4n) is 14.9. The molecule has 16 nitrogen and oxygen atoms in total. The van der Waals surface area contributed by atoms with Crippen molar-refractivity contribution in [2.24, 2.45) is 16.7 Å². The zero-order chi connectivity index (χ0) is 62.7. The maximum Gasteiger partial charge on any atom is 0.338 e. The minimum Gasteiger partial charge on any atom is -0.455 e. The summed E-state index contributed by atoms with van der Waals surface area (Å²) in [6, 6.07) is 16.1. The second-order valence-electron chi connectivity index (χ2n) is 25.4. The van der Waals surface area contributed by atoms with E-state index in [-0.39, 0.29) is 53.0 Å². The maximum atomic E-state index is 16.9. The van der Waals surface area contributed by atoms with Crippen LogP contribution in [0.5, 0.6) is 0 Å². The topological polar surface area (TPSA) is 209 Å². The first-order valence-corrected chi connectivity index (χ1v) is 34.7. The van der Waals surface area contributed by atoms with E-state index in [0.717, 1.165) is 5.57 Å². The average Bonchev–Trinajstić information content (AvgIpc) is 0.675. The lowest BCUT2D eigenvalue weighted by atomic mass is 9.44. The average molecular weight is 1200 g/mol. The second kappa shape index (κ2) is 26.7. The number of aliphatic hydroxyl groups is 1. The molecule has 0 spiro atoms. The van der Waals surface area contributed by atoms with Crippen LogP contribution in [0.15, 0.2) is 103 Å². The number of ketones is 1. The summed E-state index contributed by atoms with van der Waals surface area (Å²) < 4.78 is 55.1. The number of carbonyl (C=O) groups is 6. The Balaban J connectivity index is 1.75. The minimum atomic E-state index is -3.13. The molecule has 84 heavy (non-hydrogen) atoms. The standard InChI is InChI=1S/C66H95NO15Si2/c1-20-30-46-31-28-29-34-48(46)60(71)67-49(36-39(6)7)54(82-84(40(8)9,41(10)11)42(12)13)62(73)78-53-43(14)52-55(77-44(15)68)57(70)64(19)50(81-83(22-3,23-4)24-5)37-51-65(38-76-51,80-45(16)69)56(64)59(79-61(72)47-32-26-25-27-33-47)66(74,63(52,17)18)58(53)75-35-21-2/h20-21,25-29,31-34,36,40-42,49-51,53-56,58-59,74H,1-2,22-24,30,35,37-38H2,3-19H3,(H,67,71)/t49-,50-,51+,53+,54+,55+,56-,58-,59-,64+,65-,66+/m0/s1. The van der Waals surface area contributed by atoms with Gasteiger partial charge in [-0.2, -0.15) is 0 Å². The molecular weight excluding hydrogens is 1100 g/mol. The van der Waals surface area contributed by atoms with Gasteiger partial charge >= 0.3 is 23.9 Å². The van der Waals surface area contributed by atoms with Crippen LogP contribution in [0.3, 0.4) is 0 Å². The summed E-state index contributed by atoms with van der Waals surface area (Å²) in [5.41, 5.74) is -6.24. The highest BCUT2D eigenvalue weighted by Gasteiger charge is 2.80. The molecule has 0 unspecified atom stereocenters. The molecule has 0 aromatic heterocycles. The Kier molecular flexibility index (Phi) is 21.6. The van der Waals surface area contributed by atoms with Crippen molar-refractivity contribution >= 4 is 52.2 Å². The molecule has 2 aromatic rings. The number of nitrogens with one attached hydrogen (secondary N) is 1. The number of esters is 4. The Morgan fingerprint density at radius 3 is 1.92 bits per heavy atom. The van der Waals surface area contributed by atoms with Crippen LogP contribution in [-0.2, 0) is 62.9 Å². The molecule has 3 aliphatic carbocycles. The van der Waals surface area contributed by atoms with E-state index < -0.39 is 129 Å². The molecule has 1 saturated heterocycles. The molecule has 2 aromatic carbocycles. The smallest absolute Gasteiger partial charge is 0.338 e. The van der Waals surface area contributed by atoms with E-state index in [4.69, 9.17) is 37.3 Å². The van der Waals surface area contributed by atoms with E-state index in [1.807, 2.05) is 26.0 Å². The van der Waals surface area contributed by atoms with Crippen molar-refractivity contribution in [3.05, 3.63) is 119 Å². The summed E-state index contributed by atoms with van der Waals surface area (Å²) in [6.45, 7) is 38.6. The molecule has 462 valence electrons. The number of amides is 1. The van der Waals surface area contributed by atoms with Gasteiger partial charge in [0.1, 0.15) is 23.9 Å². The van der Waals surface area contributed by atoms with Crippen LogP contribution in [0, 0.1) is 16.7 Å². The number of fused-ring (bicyclic) bond motifs is 5. The first-order valence-electron chi connectivity index (χ1n) is 30.1. The molecule has 1 aliphatic heterocycles. The molecule has 12 atom stereocenters. The van der Waals surface area contributed by atoms with Crippen LogP contribution < -0.4 is 5.32 Å². The zero-order valence-corrected chi connectivity index (χ0v) is 54.9. The first-order chi connectivity index (χ1) is 39.4. The SMILES string of the molecule is C=CCO[C@H]1[C@H](OC(=O)[C@H](O[Si](C(C)C)(C(C)C)C(C)C)[C@H](C=C(C)C)NC(=O)c2ccccc2CC=C)C(C)=C2[C@@H](OC(C)=O)C(=O)[C@]3(C)[C@@H](O[Si](CC)(CC)CC)C[C@H]4OC[C@@]4(OC(C)=O)[C@H]3[C@H](OC(=O)c3ccccc3)[C@@]1(O)C2(C)C. The normalized spacial score (nSPS) is 28.1. The fourth-order valence-corrected chi connectivity index (χ4v) is 23.4. The quantitative estimate of drug-likeness (QED) is 0.0410. The Hall–Kier alpha value is -5.35. The van der Waals surface area contributed by atoms with E-state index in [1.54, 1.807) is 82.3 Å². The molecule has 1 heterocycles. The molecule has 2 N–H and O–H groups in total. The van der Waals surface area contributed by atoms with Gasteiger partial charge in [-0.25, -0.2) is 9.59 Å². The lowest BCUT2D eigenvalue weighted by Gasteiger charge is -2.69. The summed E-state index contributed by atoms with van der Waals surface area (Å²) in [6.07, 6.45) is -5.34. The van der Waals surface area contributed by atoms with Gasteiger partial charge in [-0.05, 0) is 104 Å². The van der Waals surface area contributed by atoms with Gasteiger partial charge in [-0.1, -0.05) is 136 Å². The number of ether oxygens (including phenoxy) is 6.